The van der Waals surface area contributed by atoms with Crippen molar-refractivity contribution in [1.29, 1.82) is 0 Å². The molecule has 0 spiro atoms. The molecule has 12 heteroatoms. The maximum absolute atomic E-state index is 11.7. The van der Waals surface area contributed by atoms with Crippen LogP contribution in [0.5, 0.6) is 0 Å². The van der Waals surface area contributed by atoms with Crippen molar-refractivity contribution in [2.45, 2.75) is 57.3 Å². The molecule has 0 aromatic heterocycles. The molecule has 0 bridgehead atoms. The van der Waals surface area contributed by atoms with Crippen molar-refractivity contribution in [3.05, 3.63) is 97.1 Å². The van der Waals surface area contributed by atoms with Gasteiger partial charge in [0.2, 0.25) is 0 Å². The smallest absolute Gasteiger partial charge is 0.315 e. The van der Waals surface area contributed by atoms with E-state index in [-0.39, 0.29) is 17.7 Å². The van der Waals surface area contributed by atoms with Crippen LogP contribution >= 0.6 is 11.8 Å². The second kappa shape index (κ2) is 17.6. The van der Waals surface area contributed by atoms with Crippen LogP contribution in [0.1, 0.15) is 39.5 Å². The number of anilines is 6. The molecular formula is C40H50N8O3S. The molecule has 0 radical (unpaired) electrons. The molecule has 5 aromatic rings. The van der Waals surface area contributed by atoms with E-state index in [1.54, 1.807) is 0 Å². The first kappa shape index (κ1) is 37.8. The molecule has 3 aliphatic rings. The lowest BCUT2D eigenvalue weighted by atomic mass is 9.97. The molecule has 3 unspecified atom stereocenters. The molecule has 52 heavy (non-hydrogen) atoms. The SMILES string of the molecule is CCCCC(=O)OCCC1(C)Nc2cccc3c(N)ccc(c23)N1.Nc1ccc(N)c2ccccc12.Nc1ccccc1.O=C1NC2CSCC2N1. The number of amides is 2. The Kier molecular flexibility index (Phi) is 12.8. The van der Waals surface area contributed by atoms with Gasteiger partial charge in [-0.15, -0.1) is 0 Å². The van der Waals surface area contributed by atoms with Gasteiger partial charge in [0, 0.05) is 80.0 Å². The molecule has 0 saturated carbocycles. The van der Waals surface area contributed by atoms with Gasteiger partial charge in [-0.3, -0.25) is 4.79 Å². The zero-order chi connectivity index (χ0) is 37.1. The van der Waals surface area contributed by atoms with E-state index in [0.29, 0.717) is 31.5 Å². The van der Waals surface area contributed by atoms with E-state index in [1.807, 2.05) is 103 Å². The van der Waals surface area contributed by atoms with Crippen molar-refractivity contribution in [2.75, 3.05) is 51.7 Å². The van der Waals surface area contributed by atoms with E-state index in [0.717, 1.165) is 80.0 Å². The van der Waals surface area contributed by atoms with Gasteiger partial charge in [0.25, 0.3) is 0 Å². The first-order chi connectivity index (χ1) is 25.1. The van der Waals surface area contributed by atoms with Crippen molar-refractivity contribution in [3.8, 4) is 0 Å². The number of urea groups is 1. The number of benzene rings is 5. The summed E-state index contributed by atoms with van der Waals surface area (Å²) in [6, 6.07) is 31.8. The fourth-order valence-corrected chi connectivity index (χ4v) is 7.44. The summed E-state index contributed by atoms with van der Waals surface area (Å²) in [7, 11) is 0. The van der Waals surface area contributed by atoms with Gasteiger partial charge in [0.15, 0.2) is 0 Å². The number of hydrogen-bond acceptors (Lipinski definition) is 10. The average molecular weight is 723 g/mol. The summed E-state index contributed by atoms with van der Waals surface area (Å²) in [5.74, 6) is 2.03. The van der Waals surface area contributed by atoms with Gasteiger partial charge in [0.1, 0.15) is 5.66 Å². The lowest BCUT2D eigenvalue weighted by Gasteiger charge is -2.39. The van der Waals surface area contributed by atoms with Crippen LogP contribution in [0.15, 0.2) is 97.1 Å². The third-order valence-corrected chi connectivity index (χ3v) is 10.2. The second-order valence-corrected chi connectivity index (χ2v) is 14.2. The van der Waals surface area contributed by atoms with Crippen LogP contribution in [0.4, 0.5) is 38.9 Å². The normalized spacial score (nSPS) is 19.1. The number of hydrogen-bond donors (Lipinski definition) is 8. The Bertz CT molecular complexity index is 1910. The number of unbranched alkanes of at least 4 members (excludes halogenated alkanes) is 1. The molecule has 2 saturated heterocycles. The van der Waals surface area contributed by atoms with Crippen LogP contribution in [0.3, 0.4) is 0 Å². The number of esters is 1. The predicted octanol–water partition coefficient (Wildman–Crippen LogP) is 7.16. The van der Waals surface area contributed by atoms with Crippen LogP contribution in [0, 0.1) is 0 Å². The molecular weight excluding hydrogens is 673 g/mol. The highest BCUT2D eigenvalue weighted by Crippen LogP contribution is 2.40. The van der Waals surface area contributed by atoms with Gasteiger partial charge < -0.3 is 48.9 Å². The first-order valence-corrected chi connectivity index (χ1v) is 18.7. The van der Waals surface area contributed by atoms with Crippen LogP contribution in [-0.4, -0.2) is 47.9 Å². The summed E-state index contributed by atoms with van der Waals surface area (Å²) in [5, 5.41) is 16.9. The maximum atomic E-state index is 11.7. The Morgan fingerprint density at radius 2 is 1.29 bits per heavy atom. The van der Waals surface area contributed by atoms with Gasteiger partial charge >= 0.3 is 12.0 Å². The third kappa shape index (κ3) is 9.85. The summed E-state index contributed by atoms with van der Waals surface area (Å²) < 4.78 is 5.35. The summed E-state index contributed by atoms with van der Waals surface area (Å²) in [5.41, 5.74) is 27.9. The fraction of sp³-hybridized carbons (Fsp3) is 0.300. The Labute approximate surface area is 309 Å². The Morgan fingerprint density at radius 1 is 0.750 bits per heavy atom. The Hall–Kier alpha value is -5.49. The van der Waals surface area contributed by atoms with Gasteiger partial charge in [-0.05, 0) is 55.8 Å². The van der Waals surface area contributed by atoms with E-state index in [4.69, 9.17) is 27.7 Å². The van der Waals surface area contributed by atoms with Crippen LogP contribution in [0.2, 0.25) is 0 Å². The quantitative estimate of drug-likeness (QED) is 0.0506. The van der Waals surface area contributed by atoms with Crippen molar-refractivity contribution in [3.63, 3.8) is 0 Å². The standard InChI is InChI=1S/C19H25N3O2.C10H10N2.C6H7N.C5H8N2OS/c1-3-4-8-17(23)24-12-11-19(2)21-15-7-5-6-13-14(20)9-10-16(22-19)18(13)15;11-9-5-6-10(12)8-4-2-1-3-7(8)9;7-6-4-2-1-3-5-6;8-5-6-3-1-9-2-4(3)7-5/h5-7,9-10,21-22H,3-4,8,11-12,20H2,1-2H3;1-6H,11-12H2;1-5H,7H2;3-4H,1-2H2,(H2,6,7,8). The predicted molar refractivity (Wildman–Crippen MR) is 219 cm³/mol. The van der Waals surface area contributed by atoms with Gasteiger partial charge in [-0.25, -0.2) is 4.79 Å². The number of fused-ring (bicyclic) bond motifs is 2. The largest absolute Gasteiger partial charge is 0.466 e. The highest BCUT2D eigenvalue weighted by atomic mass is 32.2. The van der Waals surface area contributed by atoms with E-state index in [9.17, 15) is 9.59 Å². The minimum absolute atomic E-state index is 0.00491. The van der Waals surface area contributed by atoms with Crippen molar-refractivity contribution in [1.82, 2.24) is 10.6 Å². The average Bonchev–Trinajstić information content (AvgIpc) is 3.73. The number of carbonyl (C=O) groups excluding carboxylic acids is 2. The van der Waals surface area contributed by atoms with Gasteiger partial charge in [-0.1, -0.05) is 67.9 Å². The monoisotopic (exact) mass is 722 g/mol. The highest BCUT2D eigenvalue weighted by molar-refractivity contribution is 7.99. The minimum atomic E-state index is -0.373. The molecule has 3 atom stereocenters. The van der Waals surface area contributed by atoms with Crippen molar-refractivity contribution < 1.29 is 14.3 Å². The van der Waals surface area contributed by atoms with E-state index in [1.165, 1.54) is 0 Å². The summed E-state index contributed by atoms with van der Waals surface area (Å²) in [6.45, 7) is 4.53. The van der Waals surface area contributed by atoms with E-state index < -0.39 is 0 Å². The molecule has 0 aliphatic carbocycles. The second-order valence-electron chi connectivity index (χ2n) is 13.2. The number of carbonyl (C=O) groups is 2. The number of para-hydroxylation sites is 1. The molecule has 3 aliphatic heterocycles. The summed E-state index contributed by atoms with van der Waals surface area (Å²) in [4.78, 5) is 22.3. The zero-order valence-corrected chi connectivity index (χ0v) is 30.6. The first-order valence-electron chi connectivity index (χ1n) is 17.6. The summed E-state index contributed by atoms with van der Waals surface area (Å²) in [6.07, 6.45) is 3.05. The number of nitrogen functional groups attached to an aromatic ring is 4. The fourth-order valence-electron chi connectivity index (χ4n) is 6.17. The molecule has 3 heterocycles. The molecule has 11 nitrogen and oxygen atoms in total. The number of nitrogens with two attached hydrogens (primary N) is 4. The lowest BCUT2D eigenvalue weighted by molar-refractivity contribution is -0.144. The number of thioether (sulfide) groups is 1. The van der Waals surface area contributed by atoms with E-state index in [2.05, 4.69) is 41.2 Å². The minimum Gasteiger partial charge on any atom is -0.466 e. The van der Waals surface area contributed by atoms with Gasteiger partial charge in [0.05, 0.1) is 18.7 Å². The highest BCUT2D eigenvalue weighted by Gasteiger charge is 2.35. The van der Waals surface area contributed by atoms with Crippen molar-refractivity contribution in [2.24, 2.45) is 0 Å². The maximum Gasteiger partial charge on any atom is 0.315 e. The number of rotatable bonds is 6. The lowest BCUT2D eigenvalue weighted by Crippen LogP contribution is -2.46. The third-order valence-electron chi connectivity index (χ3n) is 9.00. The summed E-state index contributed by atoms with van der Waals surface area (Å²) >= 11 is 1.89. The van der Waals surface area contributed by atoms with E-state index >= 15 is 0 Å². The Balaban J connectivity index is 0.000000153. The van der Waals surface area contributed by atoms with Crippen LogP contribution in [-0.2, 0) is 9.53 Å². The van der Waals surface area contributed by atoms with Crippen molar-refractivity contribution >= 4 is 79.4 Å². The molecule has 274 valence electrons. The topological polar surface area (TPSA) is 196 Å². The molecule has 8 rings (SSSR count). The molecule has 12 N–H and O–H groups in total. The van der Waals surface area contributed by atoms with Gasteiger partial charge in [-0.2, -0.15) is 11.8 Å². The molecule has 2 amide bonds. The molecule has 2 fully saturated rings. The Morgan fingerprint density at radius 3 is 1.87 bits per heavy atom. The number of nitrogens with one attached hydrogen (secondary N) is 4. The van der Waals surface area contributed by atoms with Crippen LogP contribution < -0.4 is 44.2 Å². The molecule has 5 aromatic carbocycles. The van der Waals surface area contributed by atoms with Crippen LogP contribution in [0.25, 0.3) is 21.5 Å². The zero-order valence-electron chi connectivity index (χ0n) is 29.8. The number of ether oxygens (including phenoxy) is 1.